The molecule has 0 radical (unpaired) electrons. The van der Waals surface area contributed by atoms with Gasteiger partial charge in [0.15, 0.2) is 23.5 Å². The second-order valence-corrected chi connectivity index (χ2v) is 22.2. The number of rotatable bonds is 22. The number of hydrogen-bond donors (Lipinski definition) is 3. The predicted molar refractivity (Wildman–Crippen MR) is 306 cm³/mol. The van der Waals surface area contributed by atoms with E-state index in [9.17, 15) is 43.8 Å². The van der Waals surface area contributed by atoms with Crippen LogP contribution in [0.25, 0.3) is 5.57 Å². The summed E-state index contributed by atoms with van der Waals surface area (Å²) in [6, 6.07) is 18.0. The molecule has 2 fully saturated rings. The summed E-state index contributed by atoms with van der Waals surface area (Å²) in [5.74, 6) is -1.77. The number of carbonyl (C=O) groups is 7. The maximum absolute atomic E-state index is 14.4. The van der Waals surface area contributed by atoms with E-state index in [0.717, 1.165) is 28.9 Å². The minimum absolute atomic E-state index is 0.00202. The highest BCUT2D eigenvalue weighted by Crippen LogP contribution is 2.57. The number of esters is 1. The van der Waals surface area contributed by atoms with Crippen LogP contribution in [0.3, 0.4) is 0 Å². The lowest BCUT2D eigenvalue weighted by Crippen LogP contribution is -2.50. The number of anilines is 2. The molecule has 1 unspecified atom stereocenters. The number of ether oxygens (including phenoxy) is 6. The number of amides is 5. The fourth-order valence-electron chi connectivity index (χ4n) is 11.1. The molecule has 1 saturated carbocycles. The van der Waals surface area contributed by atoms with Crippen LogP contribution in [0.1, 0.15) is 102 Å². The molecule has 4 aromatic carbocycles. The van der Waals surface area contributed by atoms with Crippen LogP contribution in [-0.4, -0.2) is 133 Å². The number of aromatic hydroxyl groups is 1. The molecule has 438 valence electrons. The highest BCUT2D eigenvalue weighted by molar-refractivity contribution is 6.07. The van der Waals surface area contributed by atoms with Crippen molar-refractivity contribution in [2.24, 2.45) is 17.3 Å². The molecule has 1 saturated heterocycles. The predicted octanol–water partition coefficient (Wildman–Crippen LogP) is 8.43. The van der Waals surface area contributed by atoms with Gasteiger partial charge in [-0.2, -0.15) is 0 Å². The van der Waals surface area contributed by atoms with Crippen LogP contribution >= 0.6 is 0 Å². The molecule has 9 rings (SSSR count). The quantitative estimate of drug-likeness (QED) is 0.0290. The van der Waals surface area contributed by atoms with Crippen molar-refractivity contribution in [3.8, 4) is 23.0 Å². The summed E-state index contributed by atoms with van der Waals surface area (Å²) in [5, 5.41) is 24.7. The van der Waals surface area contributed by atoms with Gasteiger partial charge in [-0.3, -0.25) is 28.9 Å². The molecule has 5 aliphatic rings. The first-order chi connectivity index (χ1) is 39.8. The minimum Gasteiger partial charge on any atom is -0.508 e. The zero-order valence-electron chi connectivity index (χ0n) is 47.4. The Kier molecular flexibility index (Phi) is 17.9. The van der Waals surface area contributed by atoms with Crippen LogP contribution in [0.2, 0.25) is 0 Å². The fourth-order valence-corrected chi connectivity index (χ4v) is 11.1. The molecular weight excluding hydrogens is 1070 g/mol. The number of nitrogens with one attached hydrogen (secondary N) is 1. The Hall–Kier alpha value is -8.65. The molecule has 4 aromatic rings. The first-order valence-corrected chi connectivity index (χ1v) is 27.9. The van der Waals surface area contributed by atoms with Crippen LogP contribution in [-0.2, 0) is 41.6 Å². The highest BCUT2D eigenvalue weighted by Gasteiger charge is 2.58. The number of hydrogen-bond acceptors (Lipinski definition) is 15. The molecule has 3 N–H and O–H groups in total. The molecular formula is C63H71N5O15. The number of aliphatic hydroxyl groups excluding tert-OH is 1. The summed E-state index contributed by atoms with van der Waals surface area (Å²) >= 11 is 0. The van der Waals surface area contributed by atoms with Crippen LogP contribution in [0.5, 0.6) is 23.0 Å². The Morgan fingerprint density at radius 1 is 0.807 bits per heavy atom. The van der Waals surface area contributed by atoms with E-state index in [4.69, 9.17) is 28.4 Å². The molecule has 1 spiro atoms. The molecule has 5 atom stereocenters. The number of carbonyl (C=O) groups excluding carboxylic acids is 7. The van der Waals surface area contributed by atoms with E-state index in [1.807, 2.05) is 13.8 Å². The number of fused-ring (bicyclic) bond motifs is 4. The van der Waals surface area contributed by atoms with Crippen molar-refractivity contribution < 1.29 is 72.2 Å². The van der Waals surface area contributed by atoms with Gasteiger partial charge in [-0.25, -0.2) is 14.5 Å². The largest absolute Gasteiger partial charge is 0.508 e. The van der Waals surface area contributed by atoms with Gasteiger partial charge in [0.05, 0.1) is 79.8 Å². The molecule has 0 bridgehead atoms. The number of Topliss-reactive ketones (excluding diaryl/α,β-unsaturated/α-hetero) is 1. The molecule has 83 heavy (non-hydrogen) atoms. The van der Waals surface area contributed by atoms with Gasteiger partial charge in [-0.1, -0.05) is 75.6 Å². The molecule has 4 aliphatic heterocycles. The van der Waals surface area contributed by atoms with E-state index in [2.05, 4.69) is 18.5 Å². The number of nitrogens with zero attached hydrogens (tertiary/aromatic N) is 4. The normalized spacial score (nSPS) is 19.0. The van der Waals surface area contributed by atoms with Crippen LogP contribution in [0, 0.1) is 24.2 Å². The van der Waals surface area contributed by atoms with Crippen molar-refractivity contribution in [2.75, 3.05) is 56.4 Å². The monoisotopic (exact) mass is 1140 g/mol. The van der Waals surface area contributed by atoms with E-state index in [1.165, 1.54) is 24.2 Å². The van der Waals surface area contributed by atoms with E-state index in [0.29, 0.717) is 48.2 Å². The summed E-state index contributed by atoms with van der Waals surface area (Å²) < 4.78 is 34.8. The van der Waals surface area contributed by atoms with Crippen molar-refractivity contribution >= 4 is 58.6 Å². The van der Waals surface area contributed by atoms with Gasteiger partial charge in [0.1, 0.15) is 31.3 Å². The Balaban J connectivity index is 0.859. The van der Waals surface area contributed by atoms with E-state index < -0.39 is 54.3 Å². The highest BCUT2D eigenvalue weighted by atomic mass is 16.6. The van der Waals surface area contributed by atoms with Gasteiger partial charge in [0.25, 0.3) is 11.8 Å². The Labute approximate surface area is 482 Å². The summed E-state index contributed by atoms with van der Waals surface area (Å²) in [6.07, 6.45) is 4.64. The van der Waals surface area contributed by atoms with Crippen LogP contribution in [0.4, 0.5) is 21.0 Å². The smallest absolute Gasteiger partial charge is 0.416 e. The third-order valence-electron chi connectivity index (χ3n) is 16.0. The number of phenols is 1. The second kappa shape index (κ2) is 25.2. The summed E-state index contributed by atoms with van der Waals surface area (Å²) in [7, 11) is 1.45. The van der Waals surface area contributed by atoms with Crippen LogP contribution < -0.4 is 29.3 Å². The van der Waals surface area contributed by atoms with Crippen molar-refractivity contribution in [1.82, 2.24) is 15.1 Å². The first kappa shape index (κ1) is 59.0. The van der Waals surface area contributed by atoms with Crippen molar-refractivity contribution in [3.63, 3.8) is 0 Å². The van der Waals surface area contributed by atoms with Gasteiger partial charge in [-0.05, 0) is 103 Å². The zero-order valence-corrected chi connectivity index (χ0v) is 47.4. The maximum atomic E-state index is 14.4. The topological polar surface area (TPSA) is 240 Å². The molecule has 1 aliphatic carbocycles. The average Bonchev–Trinajstić information content (AvgIpc) is 1.95. The minimum atomic E-state index is -1.45. The lowest BCUT2D eigenvalue weighted by atomic mass is 9.91. The van der Waals surface area contributed by atoms with Crippen molar-refractivity contribution in [1.29, 1.82) is 0 Å². The average molecular weight is 1140 g/mol. The number of benzene rings is 4. The molecule has 4 heterocycles. The number of methoxy groups -OCH3 is 1. The van der Waals surface area contributed by atoms with E-state index >= 15 is 0 Å². The molecule has 5 amide bonds. The zero-order chi connectivity index (χ0) is 59.3. The maximum Gasteiger partial charge on any atom is 0.416 e. The number of phenolic OH excluding ortho intramolecular Hbond substituents is 1. The SMILES string of the molecule is C=CCOC(=O)C[C@H](C(=O)N[C@@H](C)C(=O)Cc1ccc(COC(=O)N2c3cc(OCCCOc4cc5c(cc4OC)C(=O)N4C=C(c6ccc(O)cc6)C[C@H]4CN5C(=O)OCC=C)c(C)cc3C(=O)N3CC4(CC4)C[C@H]3C2O)cc1)C(C)C. The summed E-state index contributed by atoms with van der Waals surface area (Å²) in [6.45, 7) is 14.8. The Morgan fingerprint density at radius 3 is 2.14 bits per heavy atom. The first-order valence-electron chi connectivity index (χ1n) is 27.9. The van der Waals surface area contributed by atoms with E-state index in [1.54, 1.807) is 103 Å². The fraction of sp³-hybridized carbons (Fsp3) is 0.413. The van der Waals surface area contributed by atoms with Gasteiger partial charge in [-0.15, -0.1) is 0 Å². The number of aliphatic hydroxyl groups is 1. The second-order valence-electron chi connectivity index (χ2n) is 22.2. The van der Waals surface area contributed by atoms with Gasteiger partial charge >= 0.3 is 18.2 Å². The standard InChI is InChI=1S/C63H71N5O15/c1-8-21-81-56(71)29-46(37(3)4)57(72)64-39(6)52(70)26-40-11-13-41(14-12-40)35-83-62(77)68-50-31-53(38(5)25-47(50)59(74)67-36-63(19-20-63)32-51(67)60(68)75)79-23-10-24-80-55-30-49-48(28-54(55)78-7)58(73)65-33-43(42-15-17-45(69)18-16-42)27-44(65)34-66(49)61(76)82-22-9-2/h8-9,11-18,25,28,30-31,33,37,39,44,46,51,60,69,75H,1-2,10,19-24,26-27,29,32,34-36H2,3-7H3,(H,64,72)/t39-,44-,46-,51-,60?/m0/s1. The Bertz CT molecular complexity index is 3210. The number of aryl methyl sites for hydroxylation is 1. The molecule has 20 nitrogen and oxygen atoms in total. The summed E-state index contributed by atoms with van der Waals surface area (Å²) in [5.41, 5.74) is 4.25. The lowest BCUT2D eigenvalue weighted by molar-refractivity contribution is -0.146. The van der Waals surface area contributed by atoms with Crippen molar-refractivity contribution in [2.45, 2.75) is 104 Å². The summed E-state index contributed by atoms with van der Waals surface area (Å²) in [4.78, 5) is 101. The lowest BCUT2D eigenvalue weighted by Gasteiger charge is -2.31. The van der Waals surface area contributed by atoms with E-state index in [-0.39, 0.29) is 121 Å². The van der Waals surface area contributed by atoms with Gasteiger partial charge in [0.2, 0.25) is 5.91 Å². The Morgan fingerprint density at radius 2 is 1.47 bits per heavy atom. The van der Waals surface area contributed by atoms with Gasteiger partial charge < -0.3 is 53.8 Å². The van der Waals surface area contributed by atoms with Crippen molar-refractivity contribution in [3.05, 3.63) is 138 Å². The number of ketones is 1. The molecule has 0 aromatic heterocycles. The third kappa shape index (κ3) is 13.0. The molecule has 20 heteroatoms. The third-order valence-corrected chi connectivity index (χ3v) is 16.0. The van der Waals surface area contributed by atoms with Crippen LogP contribution in [0.15, 0.2) is 104 Å². The van der Waals surface area contributed by atoms with Gasteiger partial charge in [0, 0.05) is 37.7 Å².